The maximum atomic E-state index is 10.8. The first-order valence-corrected chi connectivity index (χ1v) is 4.64. The van der Waals surface area contributed by atoms with Gasteiger partial charge >= 0.3 is 0 Å². The van der Waals surface area contributed by atoms with E-state index >= 15 is 0 Å². The molecule has 0 saturated carbocycles. The monoisotopic (exact) mass is 218 g/mol. The van der Waals surface area contributed by atoms with Crippen molar-refractivity contribution in [2.75, 3.05) is 12.8 Å². The van der Waals surface area contributed by atoms with Gasteiger partial charge in [-0.25, -0.2) is 0 Å². The number of ether oxygens (including phenoxy) is 1. The molecule has 2 aromatic rings. The molecule has 0 radical (unpaired) electrons. The van der Waals surface area contributed by atoms with E-state index in [9.17, 15) is 10.1 Å². The van der Waals surface area contributed by atoms with Crippen LogP contribution in [0.4, 0.5) is 11.4 Å². The van der Waals surface area contributed by atoms with E-state index in [0.29, 0.717) is 22.2 Å². The third kappa shape index (κ3) is 1.52. The van der Waals surface area contributed by atoms with Gasteiger partial charge < -0.3 is 10.5 Å². The Morgan fingerprint density at radius 3 is 2.62 bits per heavy atom. The fourth-order valence-corrected chi connectivity index (χ4v) is 1.62. The molecule has 0 spiro atoms. The summed E-state index contributed by atoms with van der Waals surface area (Å²) in [6.07, 6.45) is 0. The molecule has 82 valence electrons. The third-order valence-electron chi connectivity index (χ3n) is 2.43. The number of methoxy groups -OCH3 is 1. The summed E-state index contributed by atoms with van der Waals surface area (Å²) in [5, 5.41) is 12.0. The highest BCUT2D eigenvalue weighted by molar-refractivity contribution is 5.99. The second-order valence-corrected chi connectivity index (χ2v) is 3.34. The van der Waals surface area contributed by atoms with E-state index in [0.717, 1.165) is 0 Å². The Bertz CT molecular complexity index is 566. The summed E-state index contributed by atoms with van der Waals surface area (Å²) >= 11 is 0. The Hall–Kier alpha value is -2.30. The highest BCUT2D eigenvalue weighted by atomic mass is 16.6. The molecule has 2 rings (SSSR count). The van der Waals surface area contributed by atoms with Crippen LogP contribution < -0.4 is 10.5 Å². The van der Waals surface area contributed by atoms with Crippen LogP contribution in [0.3, 0.4) is 0 Å². The van der Waals surface area contributed by atoms with Gasteiger partial charge in [-0.05, 0) is 24.3 Å². The number of nitrogen functional groups attached to an aromatic ring is 1. The van der Waals surface area contributed by atoms with Crippen LogP contribution in [0.25, 0.3) is 10.8 Å². The van der Waals surface area contributed by atoms with Crippen LogP contribution in [-0.2, 0) is 0 Å². The van der Waals surface area contributed by atoms with E-state index < -0.39 is 4.92 Å². The highest BCUT2D eigenvalue weighted by Gasteiger charge is 2.13. The standard InChI is InChI=1S/C11H10N2O3/c1-16-7-2-3-8-9(6-7)10(12)4-5-11(8)13(14)15/h2-6H,12H2,1H3. The number of nitro benzene ring substituents is 1. The zero-order valence-electron chi connectivity index (χ0n) is 8.64. The maximum Gasteiger partial charge on any atom is 0.277 e. The molecule has 0 saturated heterocycles. The van der Waals surface area contributed by atoms with E-state index in [2.05, 4.69) is 0 Å². The zero-order valence-corrected chi connectivity index (χ0v) is 8.64. The van der Waals surface area contributed by atoms with Crippen molar-refractivity contribution in [2.24, 2.45) is 0 Å². The van der Waals surface area contributed by atoms with Crippen molar-refractivity contribution in [1.29, 1.82) is 0 Å². The second kappa shape index (κ2) is 3.69. The van der Waals surface area contributed by atoms with Crippen LogP contribution in [0.1, 0.15) is 0 Å². The lowest BCUT2D eigenvalue weighted by atomic mass is 10.1. The van der Waals surface area contributed by atoms with E-state index in [-0.39, 0.29) is 5.69 Å². The van der Waals surface area contributed by atoms with Gasteiger partial charge in [-0.1, -0.05) is 0 Å². The third-order valence-corrected chi connectivity index (χ3v) is 2.43. The van der Waals surface area contributed by atoms with Crippen molar-refractivity contribution < 1.29 is 9.66 Å². The molecular weight excluding hydrogens is 208 g/mol. The molecule has 0 atom stereocenters. The molecule has 2 N–H and O–H groups in total. The molecule has 0 aliphatic heterocycles. The number of nitrogens with two attached hydrogens (primary N) is 1. The quantitative estimate of drug-likeness (QED) is 0.476. The van der Waals surface area contributed by atoms with Crippen LogP contribution in [0.5, 0.6) is 5.75 Å². The Kier molecular flexibility index (Phi) is 2.36. The number of hydrogen-bond acceptors (Lipinski definition) is 4. The number of hydrogen-bond donors (Lipinski definition) is 1. The number of rotatable bonds is 2. The number of non-ortho nitro benzene ring substituents is 1. The predicted molar refractivity (Wildman–Crippen MR) is 61.6 cm³/mol. The SMILES string of the molecule is COc1ccc2c([N+](=O)[O-])ccc(N)c2c1. The summed E-state index contributed by atoms with van der Waals surface area (Å²) in [6.45, 7) is 0. The largest absolute Gasteiger partial charge is 0.497 e. The molecule has 0 heterocycles. The Morgan fingerprint density at radius 2 is 2.00 bits per heavy atom. The molecule has 0 amide bonds. The fourth-order valence-electron chi connectivity index (χ4n) is 1.62. The topological polar surface area (TPSA) is 78.4 Å². The van der Waals surface area contributed by atoms with Crippen LogP contribution in [0, 0.1) is 10.1 Å². The summed E-state index contributed by atoms with van der Waals surface area (Å²) in [5.74, 6) is 0.625. The van der Waals surface area contributed by atoms with Gasteiger partial charge in [0.2, 0.25) is 0 Å². The van der Waals surface area contributed by atoms with Gasteiger partial charge in [0, 0.05) is 17.1 Å². The molecule has 5 nitrogen and oxygen atoms in total. The van der Waals surface area contributed by atoms with Crippen molar-refractivity contribution in [3.05, 3.63) is 40.4 Å². The number of anilines is 1. The summed E-state index contributed by atoms with van der Waals surface area (Å²) in [6, 6.07) is 7.94. The lowest BCUT2D eigenvalue weighted by molar-refractivity contribution is -0.383. The Balaban J connectivity index is 2.80. The second-order valence-electron chi connectivity index (χ2n) is 3.34. The minimum atomic E-state index is -0.422. The van der Waals surface area contributed by atoms with Crippen LogP contribution in [0.2, 0.25) is 0 Å². The molecule has 0 bridgehead atoms. The molecular formula is C11H10N2O3. The zero-order chi connectivity index (χ0) is 11.7. The molecule has 5 heteroatoms. The van der Waals surface area contributed by atoms with Crippen molar-refractivity contribution in [3.8, 4) is 5.75 Å². The van der Waals surface area contributed by atoms with Crippen LogP contribution in [0.15, 0.2) is 30.3 Å². The molecule has 0 fully saturated rings. The van der Waals surface area contributed by atoms with E-state index in [1.807, 2.05) is 0 Å². The molecule has 0 aliphatic carbocycles. The molecule has 0 unspecified atom stereocenters. The minimum Gasteiger partial charge on any atom is -0.497 e. The number of fused-ring (bicyclic) bond motifs is 1. The predicted octanol–water partition coefficient (Wildman–Crippen LogP) is 2.34. The van der Waals surface area contributed by atoms with Gasteiger partial charge in [-0.15, -0.1) is 0 Å². The van der Waals surface area contributed by atoms with Crippen LogP contribution in [-0.4, -0.2) is 12.0 Å². The summed E-state index contributed by atoms with van der Waals surface area (Å²) in [4.78, 5) is 10.4. The smallest absolute Gasteiger partial charge is 0.277 e. The Morgan fingerprint density at radius 1 is 1.25 bits per heavy atom. The minimum absolute atomic E-state index is 0.0480. The van der Waals surface area contributed by atoms with Crippen molar-refractivity contribution >= 4 is 22.1 Å². The lowest BCUT2D eigenvalue weighted by Gasteiger charge is -2.05. The highest BCUT2D eigenvalue weighted by Crippen LogP contribution is 2.32. The van der Waals surface area contributed by atoms with E-state index in [1.165, 1.54) is 19.2 Å². The van der Waals surface area contributed by atoms with Gasteiger partial charge in [-0.3, -0.25) is 10.1 Å². The number of nitro groups is 1. The van der Waals surface area contributed by atoms with E-state index in [1.54, 1.807) is 18.2 Å². The van der Waals surface area contributed by atoms with Gasteiger partial charge in [0.05, 0.1) is 17.4 Å². The average Bonchev–Trinajstić information content (AvgIpc) is 2.29. The normalized spacial score (nSPS) is 10.3. The van der Waals surface area contributed by atoms with Crippen molar-refractivity contribution in [1.82, 2.24) is 0 Å². The van der Waals surface area contributed by atoms with Gasteiger partial charge in [0.1, 0.15) is 5.75 Å². The van der Waals surface area contributed by atoms with Gasteiger partial charge in [0.15, 0.2) is 0 Å². The summed E-state index contributed by atoms with van der Waals surface area (Å²) in [7, 11) is 1.54. The molecule has 0 aliphatic rings. The first-order chi connectivity index (χ1) is 7.63. The average molecular weight is 218 g/mol. The van der Waals surface area contributed by atoms with Gasteiger partial charge in [-0.2, -0.15) is 0 Å². The van der Waals surface area contributed by atoms with Crippen molar-refractivity contribution in [2.45, 2.75) is 0 Å². The molecule has 0 aromatic heterocycles. The van der Waals surface area contributed by atoms with Crippen LogP contribution >= 0.6 is 0 Å². The molecule has 2 aromatic carbocycles. The van der Waals surface area contributed by atoms with Gasteiger partial charge in [0.25, 0.3) is 5.69 Å². The maximum absolute atomic E-state index is 10.8. The Labute approximate surface area is 91.6 Å². The first-order valence-electron chi connectivity index (χ1n) is 4.64. The number of benzene rings is 2. The lowest BCUT2D eigenvalue weighted by Crippen LogP contribution is -1.94. The summed E-state index contributed by atoms with van der Waals surface area (Å²) < 4.78 is 5.05. The first kappa shape index (κ1) is 10.2. The number of nitrogens with zero attached hydrogens (tertiary/aromatic N) is 1. The van der Waals surface area contributed by atoms with Crippen molar-refractivity contribution in [3.63, 3.8) is 0 Å². The molecule has 16 heavy (non-hydrogen) atoms. The summed E-state index contributed by atoms with van der Waals surface area (Å²) in [5.41, 5.74) is 6.32. The van der Waals surface area contributed by atoms with E-state index in [4.69, 9.17) is 10.5 Å². The fraction of sp³-hybridized carbons (Fsp3) is 0.0909.